The number of rotatable bonds is 5. The van der Waals surface area contributed by atoms with Crippen molar-refractivity contribution in [2.24, 2.45) is 0 Å². The van der Waals surface area contributed by atoms with Gasteiger partial charge in [-0.15, -0.1) is 16.4 Å². The molecule has 6 rings (SSSR count). The number of hydrogen-bond acceptors (Lipinski definition) is 9. The van der Waals surface area contributed by atoms with E-state index in [0.717, 1.165) is 41.2 Å². The summed E-state index contributed by atoms with van der Waals surface area (Å²) in [4.78, 5) is 27.8. The Morgan fingerprint density at radius 1 is 1.11 bits per heavy atom. The molecule has 0 spiro atoms. The SMILES string of the molecule is CN1CCC(O)(c2cccc(-c3nc(-c4ccnc(Nc5cc6c(nn5)CCC6)n4)cs3)c2)C1=O. The van der Waals surface area contributed by atoms with E-state index in [1.807, 2.05) is 35.7 Å². The maximum absolute atomic E-state index is 12.5. The van der Waals surface area contributed by atoms with Crippen molar-refractivity contribution in [1.82, 2.24) is 30.0 Å². The molecule has 10 heteroatoms. The minimum atomic E-state index is -1.49. The van der Waals surface area contributed by atoms with Crippen molar-refractivity contribution in [3.05, 3.63) is 64.8 Å². The Morgan fingerprint density at radius 3 is 2.89 bits per heavy atom. The van der Waals surface area contributed by atoms with Gasteiger partial charge in [0.25, 0.3) is 5.91 Å². The third-order valence-corrected chi connectivity index (χ3v) is 7.47. The third-order valence-electron chi connectivity index (χ3n) is 6.58. The summed E-state index contributed by atoms with van der Waals surface area (Å²) in [5.74, 6) is 0.782. The Bertz CT molecular complexity index is 1440. The fraction of sp³-hybridized carbons (Fsp3) is 0.280. The largest absolute Gasteiger partial charge is 0.375 e. The first-order valence-corrected chi connectivity index (χ1v) is 12.4. The van der Waals surface area contributed by atoms with Crippen LogP contribution in [0.3, 0.4) is 0 Å². The zero-order valence-electron chi connectivity index (χ0n) is 19.1. The molecular weight excluding hydrogens is 462 g/mol. The first-order valence-electron chi connectivity index (χ1n) is 11.5. The number of fused-ring (bicyclic) bond motifs is 1. The fourth-order valence-corrected chi connectivity index (χ4v) is 5.43. The molecule has 1 aromatic carbocycles. The number of aliphatic hydroxyl groups is 1. The average molecular weight is 486 g/mol. The number of likely N-dealkylation sites (tertiary alicyclic amines) is 1. The molecule has 4 aromatic rings. The number of benzene rings is 1. The number of carbonyl (C=O) groups is 1. The second-order valence-corrected chi connectivity index (χ2v) is 9.76. The molecule has 1 fully saturated rings. The van der Waals surface area contributed by atoms with Gasteiger partial charge in [-0.05, 0) is 48.6 Å². The molecule has 3 aromatic heterocycles. The number of aryl methyl sites for hydroxylation is 2. The van der Waals surface area contributed by atoms with Crippen molar-refractivity contribution < 1.29 is 9.90 Å². The molecule has 9 nitrogen and oxygen atoms in total. The van der Waals surface area contributed by atoms with Gasteiger partial charge in [0.2, 0.25) is 5.95 Å². The van der Waals surface area contributed by atoms with Crippen LogP contribution in [0, 0.1) is 0 Å². The Kier molecular flexibility index (Phi) is 5.27. The van der Waals surface area contributed by atoms with Crippen molar-refractivity contribution in [2.45, 2.75) is 31.3 Å². The lowest BCUT2D eigenvalue weighted by Gasteiger charge is -2.21. The summed E-state index contributed by atoms with van der Waals surface area (Å²) in [6, 6.07) is 11.2. The Labute approximate surface area is 205 Å². The van der Waals surface area contributed by atoms with Crippen LogP contribution in [0.5, 0.6) is 0 Å². The molecule has 1 saturated heterocycles. The molecule has 1 unspecified atom stereocenters. The van der Waals surface area contributed by atoms with Gasteiger partial charge in [-0.25, -0.2) is 15.0 Å². The second-order valence-electron chi connectivity index (χ2n) is 8.90. The molecule has 2 aliphatic rings. The number of nitrogens with zero attached hydrogens (tertiary/aromatic N) is 6. The van der Waals surface area contributed by atoms with E-state index in [4.69, 9.17) is 4.98 Å². The zero-order chi connectivity index (χ0) is 24.0. The first-order chi connectivity index (χ1) is 17.0. The quantitative estimate of drug-likeness (QED) is 0.442. The molecule has 176 valence electrons. The maximum atomic E-state index is 12.5. The Morgan fingerprint density at radius 2 is 2.03 bits per heavy atom. The number of carbonyl (C=O) groups excluding carboxylic acids is 1. The van der Waals surface area contributed by atoms with E-state index >= 15 is 0 Å². The summed E-state index contributed by atoms with van der Waals surface area (Å²) >= 11 is 1.48. The summed E-state index contributed by atoms with van der Waals surface area (Å²) in [7, 11) is 1.71. The Hall–Kier alpha value is -3.76. The number of thiazole rings is 1. The summed E-state index contributed by atoms with van der Waals surface area (Å²) in [5, 5.41) is 25.4. The fourth-order valence-electron chi connectivity index (χ4n) is 4.62. The van der Waals surface area contributed by atoms with Gasteiger partial charge in [0.15, 0.2) is 11.4 Å². The van der Waals surface area contributed by atoms with Crippen LogP contribution in [0.2, 0.25) is 0 Å². The minimum absolute atomic E-state index is 0.274. The molecule has 4 heterocycles. The number of aromatic nitrogens is 5. The normalized spacial score (nSPS) is 19.3. The molecule has 2 N–H and O–H groups in total. The highest BCUT2D eigenvalue weighted by Gasteiger charge is 2.45. The predicted molar refractivity (Wildman–Crippen MR) is 132 cm³/mol. The van der Waals surface area contributed by atoms with E-state index in [1.54, 1.807) is 24.2 Å². The number of likely N-dealkylation sites (N-methyl/N-ethyl adjacent to an activating group) is 1. The van der Waals surface area contributed by atoms with Crippen LogP contribution < -0.4 is 5.32 Å². The topological polar surface area (TPSA) is 117 Å². The van der Waals surface area contributed by atoms with Crippen molar-refractivity contribution in [2.75, 3.05) is 18.9 Å². The van der Waals surface area contributed by atoms with Crippen LogP contribution in [0.4, 0.5) is 11.8 Å². The third kappa shape index (κ3) is 3.94. The van der Waals surface area contributed by atoms with Gasteiger partial charge in [0, 0.05) is 37.2 Å². The molecule has 1 aliphatic heterocycles. The summed E-state index contributed by atoms with van der Waals surface area (Å²) in [6.07, 6.45) is 5.17. The monoisotopic (exact) mass is 485 g/mol. The Balaban J connectivity index is 1.25. The lowest BCUT2D eigenvalue weighted by molar-refractivity contribution is -0.143. The summed E-state index contributed by atoms with van der Waals surface area (Å²) in [5.41, 5.74) is 3.64. The highest BCUT2D eigenvalue weighted by Crippen LogP contribution is 2.36. The average Bonchev–Trinajstić information content (AvgIpc) is 3.61. The van der Waals surface area contributed by atoms with E-state index < -0.39 is 5.60 Å². The molecule has 1 aliphatic carbocycles. The second kappa shape index (κ2) is 8.47. The van der Waals surface area contributed by atoms with Crippen molar-refractivity contribution >= 4 is 29.0 Å². The zero-order valence-corrected chi connectivity index (χ0v) is 19.9. The van der Waals surface area contributed by atoms with Gasteiger partial charge in [0.05, 0.1) is 11.4 Å². The van der Waals surface area contributed by atoms with Crippen molar-refractivity contribution in [1.29, 1.82) is 0 Å². The molecular formula is C25H23N7O2S. The maximum Gasteiger partial charge on any atom is 0.258 e. The number of nitrogens with one attached hydrogen (secondary N) is 1. The van der Waals surface area contributed by atoms with Crippen LogP contribution in [0.25, 0.3) is 22.0 Å². The van der Waals surface area contributed by atoms with Crippen molar-refractivity contribution in [3.8, 4) is 22.0 Å². The van der Waals surface area contributed by atoms with E-state index in [1.165, 1.54) is 16.9 Å². The van der Waals surface area contributed by atoms with Crippen LogP contribution in [-0.4, -0.2) is 54.7 Å². The standard InChI is InChI=1S/C25H23N7O2S/c1-32-11-9-25(34,23(32)33)17-6-2-5-16(12-17)22-27-20(14-35-22)19-8-10-26-24(28-19)29-21-13-15-4-3-7-18(15)30-31-21/h2,5-6,8,10,12-14,34H,3-4,7,9,11H2,1H3,(H,26,28,29,31). The smallest absolute Gasteiger partial charge is 0.258 e. The first kappa shape index (κ1) is 21.8. The van der Waals surface area contributed by atoms with E-state index in [0.29, 0.717) is 36.0 Å². The van der Waals surface area contributed by atoms with Crippen molar-refractivity contribution in [3.63, 3.8) is 0 Å². The number of hydrogen-bond donors (Lipinski definition) is 2. The summed E-state index contributed by atoms with van der Waals surface area (Å²) in [6.45, 7) is 0.530. The lowest BCUT2D eigenvalue weighted by Crippen LogP contribution is -2.36. The lowest BCUT2D eigenvalue weighted by atomic mass is 9.91. The van der Waals surface area contributed by atoms with Crippen LogP contribution >= 0.6 is 11.3 Å². The molecule has 35 heavy (non-hydrogen) atoms. The summed E-state index contributed by atoms with van der Waals surface area (Å²) < 4.78 is 0. The highest BCUT2D eigenvalue weighted by molar-refractivity contribution is 7.13. The van der Waals surface area contributed by atoms with Crippen LogP contribution in [0.1, 0.15) is 29.7 Å². The van der Waals surface area contributed by atoms with E-state index in [-0.39, 0.29) is 5.91 Å². The van der Waals surface area contributed by atoms with Crippen LogP contribution in [0.15, 0.2) is 48.0 Å². The molecule has 1 atom stereocenters. The minimum Gasteiger partial charge on any atom is -0.375 e. The van der Waals surface area contributed by atoms with Gasteiger partial charge < -0.3 is 15.3 Å². The van der Waals surface area contributed by atoms with Gasteiger partial charge in [-0.2, -0.15) is 5.10 Å². The molecule has 1 amide bonds. The van der Waals surface area contributed by atoms with E-state index in [9.17, 15) is 9.90 Å². The number of anilines is 2. The van der Waals surface area contributed by atoms with Gasteiger partial charge in [-0.1, -0.05) is 18.2 Å². The number of amides is 1. The van der Waals surface area contributed by atoms with Crippen LogP contribution in [-0.2, 0) is 23.2 Å². The molecule has 0 bridgehead atoms. The van der Waals surface area contributed by atoms with E-state index in [2.05, 4.69) is 25.5 Å². The van der Waals surface area contributed by atoms with Gasteiger partial charge in [-0.3, -0.25) is 4.79 Å². The van der Waals surface area contributed by atoms with Gasteiger partial charge >= 0.3 is 0 Å². The van der Waals surface area contributed by atoms with Gasteiger partial charge in [0.1, 0.15) is 10.7 Å². The highest BCUT2D eigenvalue weighted by atomic mass is 32.1. The molecule has 0 radical (unpaired) electrons. The molecule has 0 saturated carbocycles. The predicted octanol–water partition coefficient (Wildman–Crippen LogP) is 3.34.